The van der Waals surface area contributed by atoms with Crippen LogP contribution in [-0.2, 0) is 13.9 Å². The quantitative estimate of drug-likeness (QED) is 0.164. The molecule has 11 heteroatoms. The Kier molecular flexibility index (Phi) is 8.26. The molecule has 0 saturated heterocycles. The Morgan fingerprint density at radius 1 is 1.15 bits per heavy atom. The lowest BCUT2D eigenvalue weighted by Crippen LogP contribution is -2.51. The van der Waals surface area contributed by atoms with Crippen LogP contribution in [0.2, 0.25) is 0 Å². The predicted octanol–water partition coefficient (Wildman–Crippen LogP) is 3.16. The van der Waals surface area contributed by atoms with Gasteiger partial charge in [0.15, 0.2) is 5.11 Å². The molecule has 1 heterocycles. The molecular weight excluding hydrogens is 463 g/mol. The number of hydrogen-bond acceptors (Lipinski definition) is 5. The summed E-state index contributed by atoms with van der Waals surface area (Å²) < 4.78 is 16.0. The molecule has 172 valence electrons. The molecule has 0 aliphatic heterocycles. The molecule has 0 aliphatic rings. The van der Waals surface area contributed by atoms with Gasteiger partial charge in [0, 0.05) is 17.7 Å². The van der Waals surface area contributed by atoms with Gasteiger partial charge in [-0.25, -0.2) is 4.57 Å². The molecule has 1 atom stereocenters. The summed E-state index contributed by atoms with van der Waals surface area (Å²) in [6.45, 7) is 1.16. The number of anilines is 1. The molecule has 4 N–H and O–H groups in total. The second-order valence-corrected chi connectivity index (χ2v) is 8.58. The van der Waals surface area contributed by atoms with Gasteiger partial charge in [-0.2, -0.15) is 0 Å². The monoisotopic (exact) mass is 486 g/mol. The Balaban J connectivity index is 1.73. The van der Waals surface area contributed by atoms with Gasteiger partial charge in [-0.3, -0.25) is 19.2 Å². The highest BCUT2D eigenvalue weighted by molar-refractivity contribution is 7.80. The first kappa shape index (κ1) is 24.5. The Morgan fingerprint density at radius 3 is 2.61 bits per heavy atom. The van der Waals surface area contributed by atoms with E-state index in [1.54, 1.807) is 37.4 Å². The van der Waals surface area contributed by atoms with E-state index >= 15 is 0 Å². The molecule has 1 unspecified atom stereocenters. The van der Waals surface area contributed by atoms with E-state index in [9.17, 15) is 19.1 Å². The molecule has 1 aromatic heterocycles. The van der Waals surface area contributed by atoms with E-state index in [0.717, 1.165) is 10.9 Å². The highest BCUT2D eigenvalue weighted by Gasteiger charge is 2.22. The number of phosphoric ester groups is 1. The van der Waals surface area contributed by atoms with Crippen molar-refractivity contribution in [2.75, 3.05) is 11.6 Å². The summed E-state index contributed by atoms with van der Waals surface area (Å²) in [5.74, 6) is -0.341. The van der Waals surface area contributed by atoms with Gasteiger partial charge in [-0.15, -0.1) is 0 Å². The van der Waals surface area contributed by atoms with Gasteiger partial charge in [0.2, 0.25) is 5.91 Å². The molecule has 2 aromatic carbocycles. The highest BCUT2D eigenvalue weighted by Crippen LogP contribution is 2.37. The maximum absolute atomic E-state index is 12.2. The third-order valence-electron chi connectivity index (χ3n) is 4.43. The zero-order chi connectivity index (χ0) is 23.8. The number of thiocarbonyl (C=S) groups is 1. The van der Waals surface area contributed by atoms with Gasteiger partial charge >= 0.3 is 7.82 Å². The van der Waals surface area contributed by atoms with Crippen LogP contribution in [0.5, 0.6) is 0 Å². The topological polar surface area (TPSA) is 124 Å². The molecular formula is C22H23N4O5PS. The number of carbonyl (C=O) groups is 1. The first-order valence-electron chi connectivity index (χ1n) is 9.88. The smallest absolute Gasteiger partial charge is 0.342 e. The van der Waals surface area contributed by atoms with E-state index in [0.29, 0.717) is 11.2 Å². The van der Waals surface area contributed by atoms with Crippen molar-refractivity contribution < 1.29 is 23.7 Å². The lowest BCUT2D eigenvalue weighted by atomic mass is 10.2. The standard InChI is InChI=1S/C22H23N4O5PS/c1-16(24-20(27)13-12-17-7-3-2-4-8-17)25-22(33)26(15-31-32(28,29)30)19-11-5-9-18-10-6-14-23-21(18)19/h2-14,16H,15H2,1H3,(H,24,27)(H,25,33)(H2,28,29,30)/b13-12+. The number of pyridine rings is 1. The van der Waals surface area contributed by atoms with Gasteiger partial charge in [-0.1, -0.05) is 48.5 Å². The fraction of sp³-hybridized carbons (Fsp3) is 0.136. The number of rotatable bonds is 8. The molecule has 9 nitrogen and oxygen atoms in total. The van der Waals surface area contributed by atoms with Crippen LogP contribution in [0.25, 0.3) is 17.0 Å². The summed E-state index contributed by atoms with van der Waals surface area (Å²) in [7, 11) is -4.76. The van der Waals surface area contributed by atoms with E-state index in [2.05, 4.69) is 15.6 Å². The fourth-order valence-corrected chi connectivity index (χ4v) is 3.57. The lowest BCUT2D eigenvalue weighted by Gasteiger charge is -2.28. The molecule has 3 aromatic rings. The maximum atomic E-state index is 12.2. The van der Waals surface area contributed by atoms with Crippen LogP contribution >= 0.6 is 20.0 Å². The van der Waals surface area contributed by atoms with Crippen LogP contribution in [0.3, 0.4) is 0 Å². The minimum absolute atomic E-state index is 0.0847. The predicted molar refractivity (Wildman–Crippen MR) is 131 cm³/mol. The van der Waals surface area contributed by atoms with Gasteiger partial charge in [0.25, 0.3) is 0 Å². The number of fused-ring (bicyclic) bond motifs is 1. The molecule has 3 rings (SSSR count). The van der Waals surface area contributed by atoms with Crippen molar-refractivity contribution in [1.82, 2.24) is 15.6 Å². The van der Waals surface area contributed by atoms with Gasteiger partial charge < -0.3 is 20.4 Å². The summed E-state index contributed by atoms with van der Waals surface area (Å²) in [5, 5.41) is 6.57. The van der Waals surface area contributed by atoms with E-state index < -0.39 is 20.7 Å². The Morgan fingerprint density at radius 2 is 1.88 bits per heavy atom. The van der Waals surface area contributed by atoms with Crippen molar-refractivity contribution in [3.05, 3.63) is 78.5 Å². The average molecular weight is 486 g/mol. The molecule has 0 aliphatic carbocycles. The molecule has 0 bridgehead atoms. The van der Waals surface area contributed by atoms with Crippen LogP contribution in [0.15, 0.2) is 72.9 Å². The second kappa shape index (κ2) is 11.1. The van der Waals surface area contributed by atoms with Crippen LogP contribution in [-0.4, -0.2) is 38.7 Å². The Labute approximate surface area is 196 Å². The maximum Gasteiger partial charge on any atom is 0.471 e. The van der Waals surface area contributed by atoms with Gasteiger partial charge in [0.1, 0.15) is 6.73 Å². The lowest BCUT2D eigenvalue weighted by molar-refractivity contribution is -0.117. The number of para-hydroxylation sites is 1. The number of aromatic nitrogens is 1. The average Bonchev–Trinajstić information content (AvgIpc) is 2.78. The molecule has 33 heavy (non-hydrogen) atoms. The van der Waals surface area contributed by atoms with Crippen LogP contribution in [0, 0.1) is 0 Å². The van der Waals surface area contributed by atoms with Gasteiger partial charge in [-0.05, 0) is 42.9 Å². The minimum atomic E-state index is -4.76. The summed E-state index contributed by atoms with van der Waals surface area (Å²) in [6.07, 6.45) is 4.10. The van der Waals surface area contributed by atoms with Crippen molar-refractivity contribution in [1.29, 1.82) is 0 Å². The van der Waals surface area contributed by atoms with Gasteiger partial charge in [0.05, 0.1) is 17.4 Å². The second-order valence-electron chi connectivity index (χ2n) is 6.95. The van der Waals surface area contributed by atoms with Crippen LogP contribution in [0.1, 0.15) is 12.5 Å². The number of phosphoric acid groups is 1. The largest absolute Gasteiger partial charge is 0.471 e. The van der Waals surface area contributed by atoms with E-state index in [1.165, 1.54) is 11.0 Å². The van der Waals surface area contributed by atoms with Crippen LogP contribution < -0.4 is 15.5 Å². The number of amides is 1. The van der Waals surface area contributed by atoms with Crippen molar-refractivity contribution in [3.8, 4) is 0 Å². The van der Waals surface area contributed by atoms with Crippen molar-refractivity contribution >= 4 is 53.7 Å². The van der Waals surface area contributed by atoms with Crippen molar-refractivity contribution in [2.45, 2.75) is 13.1 Å². The first-order chi connectivity index (χ1) is 15.7. The Bertz CT molecular complexity index is 1200. The zero-order valence-electron chi connectivity index (χ0n) is 17.7. The van der Waals surface area contributed by atoms with Crippen molar-refractivity contribution in [3.63, 3.8) is 0 Å². The zero-order valence-corrected chi connectivity index (χ0v) is 19.4. The molecule has 0 saturated carbocycles. The number of benzene rings is 2. The number of carbonyl (C=O) groups excluding carboxylic acids is 1. The SMILES string of the molecule is CC(NC(=O)/C=C/c1ccccc1)NC(=S)N(COP(=O)(O)O)c1cccc2cccnc12. The first-order valence-corrected chi connectivity index (χ1v) is 11.8. The van der Waals surface area contributed by atoms with Crippen LogP contribution in [0.4, 0.5) is 5.69 Å². The summed E-state index contributed by atoms with van der Waals surface area (Å²) in [5.41, 5.74) is 1.94. The summed E-state index contributed by atoms with van der Waals surface area (Å²) in [4.78, 5) is 36.3. The van der Waals surface area contributed by atoms with E-state index in [1.807, 2.05) is 42.5 Å². The van der Waals surface area contributed by atoms with Crippen molar-refractivity contribution in [2.24, 2.45) is 0 Å². The number of hydrogen-bond donors (Lipinski definition) is 4. The normalized spacial score (nSPS) is 12.5. The summed E-state index contributed by atoms with van der Waals surface area (Å²) in [6, 6.07) is 18.3. The molecule has 0 fully saturated rings. The third kappa shape index (κ3) is 7.45. The van der Waals surface area contributed by atoms with E-state index in [-0.39, 0.29) is 11.0 Å². The Hall–Kier alpha value is -3.14. The summed E-state index contributed by atoms with van der Waals surface area (Å²) >= 11 is 5.46. The molecule has 1 amide bonds. The minimum Gasteiger partial charge on any atom is -0.342 e. The molecule has 0 radical (unpaired) electrons. The number of nitrogens with one attached hydrogen (secondary N) is 2. The highest BCUT2D eigenvalue weighted by atomic mass is 32.1. The molecule has 0 spiro atoms. The number of nitrogens with zero attached hydrogens (tertiary/aromatic N) is 2. The fourth-order valence-electron chi connectivity index (χ4n) is 2.97. The van der Waals surface area contributed by atoms with E-state index in [4.69, 9.17) is 16.7 Å². The third-order valence-corrected chi connectivity index (χ3v) is 5.22.